The van der Waals surface area contributed by atoms with E-state index in [4.69, 9.17) is 9.15 Å². The van der Waals surface area contributed by atoms with Gasteiger partial charge in [0.05, 0.1) is 26.0 Å². The lowest BCUT2D eigenvalue weighted by atomic mass is 10.2. The van der Waals surface area contributed by atoms with Crippen LogP contribution in [-0.4, -0.2) is 38.7 Å². The first kappa shape index (κ1) is 22.0. The van der Waals surface area contributed by atoms with Crippen LogP contribution in [0.4, 0.5) is 8.78 Å². The number of halogens is 2. The maximum Gasteiger partial charge on any atom is 0.387 e. The third kappa shape index (κ3) is 7.32. The molecule has 8 nitrogen and oxygen atoms in total. The van der Waals surface area contributed by atoms with Gasteiger partial charge in [-0.2, -0.15) is 8.78 Å². The molecule has 0 spiro atoms. The van der Waals surface area contributed by atoms with Crippen LogP contribution < -0.4 is 25.4 Å². The zero-order valence-electron chi connectivity index (χ0n) is 16.2. The summed E-state index contributed by atoms with van der Waals surface area (Å²) >= 11 is 0. The number of carbonyl (C=O) groups is 1. The molecular formula is C19H24F2N4O4. The minimum atomic E-state index is -2.98. The first-order valence-corrected chi connectivity index (χ1v) is 8.96. The Morgan fingerprint density at radius 3 is 2.66 bits per heavy atom. The summed E-state index contributed by atoms with van der Waals surface area (Å²) in [5, 5.41) is 8.49. The molecule has 0 aliphatic heterocycles. The van der Waals surface area contributed by atoms with Crippen LogP contribution in [0.5, 0.6) is 11.5 Å². The fourth-order valence-electron chi connectivity index (χ4n) is 2.42. The number of nitrogens with one attached hydrogen (secondary N) is 3. The fraction of sp³-hybridized carbons (Fsp3) is 0.368. The Morgan fingerprint density at radius 1 is 1.17 bits per heavy atom. The Bertz CT molecular complexity index is 798. The Hall–Kier alpha value is -3.30. The zero-order valence-corrected chi connectivity index (χ0v) is 16.2. The first-order valence-electron chi connectivity index (χ1n) is 8.96. The molecule has 10 heteroatoms. The van der Waals surface area contributed by atoms with Crippen LogP contribution in [0.1, 0.15) is 18.2 Å². The average molecular weight is 410 g/mol. The molecule has 1 aromatic heterocycles. The molecule has 0 fully saturated rings. The van der Waals surface area contributed by atoms with Gasteiger partial charge in [-0.25, -0.2) is 0 Å². The molecule has 1 amide bonds. The highest BCUT2D eigenvalue weighted by Gasteiger charge is 2.16. The van der Waals surface area contributed by atoms with E-state index in [9.17, 15) is 13.6 Å². The molecule has 0 saturated heterocycles. The normalized spacial score (nSPS) is 11.3. The number of hydrogen-bond donors (Lipinski definition) is 3. The number of carbonyl (C=O) groups excluding carboxylic acids is 1. The van der Waals surface area contributed by atoms with Crippen LogP contribution in [0.3, 0.4) is 0 Å². The van der Waals surface area contributed by atoms with Crippen molar-refractivity contribution in [2.24, 2.45) is 4.99 Å². The number of ether oxygens (including phenoxy) is 2. The smallest absolute Gasteiger partial charge is 0.387 e. The van der Waals surface area contributed by atoms with Gasteiger partial charge in [0.2, 0.25) is 5.91 Å². The van der Waals surface area contributed by atoms with Crippen molar-refractivity contribution in [3.63, 3.8) is 0 Å². The number of guanidine groups is 1. The van der Waals surface area contributed by atoms with Gasteiger partial charge in [0.25, 0.3) is 0 Å². The van der Waals surface area contributed by atoms with Crippen molar-refractivity contribution in [1.82, 2.24) is 16.0 Å². The van der Waals surface area contributed by atoms with Crippen molar-refractivity contribution in [1.29, 1.82) is 0 Å². The number of hydrogen-bond acceptors (Lipinski definition) is 5. The van der Waals surface area contributed by atoms with Gasteiger partial charge in [0.1, 0.15) is 5.76 Å². The number of benzene rings is 1. The molecule has 0 atom stereocenters. The predicted molar refractivity (Wildman–Crippen MR) is 103 cm³/mol. The van der Waals surface area contributed by atoms with Gasteiger partial charge < -0.3 is 29.8 Å². The number of para-hydroxylation sites is 1. The number of aliphatic imine (C=N–C) groups is 1. The monoisotopic (exact) mass is 410 g/mol. The van der Waals surface area contributed by atoms with E-state index in [0.717, 1.165) is 0 Å². The van der Waals surface area contributed by atoms with Gasteiger partial charge >= 0.3 is 6.61 Å². The number of rotatable bonds is 10. The van der Waals surface area contributed by atoms with Crippen molar-refractivity contribution in [3.05, 3.63) is 47.9 Å². The minimum Gasteiger partial charge on any atom is -0.490 e. The van der Waals surface area contributed by atoms with Crippen molar-refractivity contribution < 1.29 is 27.5 Å². The van der Waals surface area contributed by atoms with Crippen LogP contribution in [0.25, 0.3) is 0 Å². The molecule has 1 heterocycles. The van der Waals surface area contributed by atoms with E-state index in [0.29, 0.717) is 23.9 Å². The second-order valence-electron chi connectivity index (χ2n) is 5.69. The average Bonchev–Trinajstić information content (AvgIpc) is 3.22. The standard InChI is InChI=1S/C19H24F2N4O4/c1-3-27-15-8-4-6-13(17(15)29-18(20)21)10-24-19(22-2)25-12-16(26)23-11-14-7-5-9-28-14/h4-9,18H,3,10-12H2,1-2H3,(H,23,26)(H2,22,24,25). The Kier molecular flexibility index (Phi) is 8.74. The summed E-state index contributed by atoms with van der Waals surface area (Å²) in [5.74, 6) is 0.893. The maximum atomic E-state index is 12.8. The quantitative estimate of drug-likeness (QED) is 0.411. The van der Waals surface area contributed by atoms with Crippen molar-refractivity contribution >= 4 is 11.9 Å². The SMILES string of the molecule is CCOc1cccc(CNC(=NC)NCC(=O)NCc2ccco2)c1OC(F)F. The van der Waals surface area contributed by atoms with Gasteiger partial charge in [-0.05, 0) is 25.1 Å². The van der Waals surface area contributed by atoms with Crippen LogP contribution in [0.2, 0.25) is 0 Å². The maximum absolute atomic E-state index is 12.8. The molecule has 0 unspecified atom stereocenters. The molecule has 1 aromatic carbocycles. The zero-order chi connectivity index (χ0) is 21.1. The summed E-state index contributed by atoms with van der Waals surface area (Å²) < 4.78 is 40.7. The summed E-state index contributed by atoms with van der Waals surface area (Å²) in [6.45, 7) is -0.535. The van der Waals surface area contributed by atoms with Gasteiger partial charge in [0.15, 0.2) is 17.5 Å². The molecule has 0 saturated carbocycles. The number of furan rings is 1. The van der Waals surface area contributed by atoms with Crippen LogP contribution in [-0.2, 0) is 17.9 Å². The molecule has 0 aliphatic rings. The highest BCUT2D eigenvalue weighted by Crippen LogP contribution is 2.32. The third-order valence-electron chi connectivity index (χ3n) is 3.69. The lowest BCUT2D eigenvalue weighted by Crippen LogP contribution is -2.42. The first-order chi connectivity index (χ1) is 14.0. The Balaban J connectivity index is 1.89. The molecule has 2 aromatic rings. The van der Waals surface area contributed by atoms with E-state index in [1.807, 2.05) is 0 Å². The van der Waals surface area contributed by atoms with E-state index >= 15 is 0 Å². The largest absolute Gasteiger partial charge is 0.490 e. The molecule has 2 rings (SSSR count). The van der Waals surface area contributed by atoms with E-state index in [-0.39, 0.29) is 37.0 Å². The topological polar surface area (TPSA) is 97.1 Å². The molecule has 0 aliphatic carbocycles. The Morgan fingerprint density at radius 2 is 2.00 bits per heavy atom. The van der Waals surface area contributed by atoms with Crippen molar-refractivity contribution in [3.8, 4) is 11.5 Å². The van der Waals surface area contributed by atoms with Gasteiger partial charge in [-0.15, -0.1) is 0 Å². The molecule has 3 N–H and O–H groups in total. The summed E-state index contributed by atoms with van der Waals surface area (Å²) in [6, 6.07) is 8.36. The molecule has 29 heavy (non-hydrogen) atoms. The van der Waals surface area contributed by atoms with Crippen LogP contribution >= 0.6 is 0 Å². The highest BCUT2D eigenvalue weighted by atomic mass is 19.3. The van der Waals surface area contributed by atoms with Gasteiger partial charge in [-0.3, -0.25) is 9.79 Å². The van der Waals surface area contributed by atoms with E-state index in [1.165, 1.54) is 13.3 Å². The minimum absolute atomic E-state index is 0.0280. The van der Waals surface area contributed by atoms with Gasteiger partial charge in [0, 0.05) is 19.2 Å². The van der Waals surface area contributed by atoms with Crippen LogP contribution in [0, 0.1) is 0 Å². The van der Waals surface area contributed by atoms with E-state index in [2.05, 4.69) is 25.7 Å². The number of nitrogens with zero attached hydrogens (tertiary/aromatic N) is 1. The third-order valence-corrected chi connectivity index (χ3v) is 3.69. The number of amides is 1. The summed E-state index contributed by atoms with van der Waals surface area (Å²) in [4.78, 5) is 15.9. The fourth-order valence-corrected chi connectivity index (χ4v) is 2.42. The van der Waals surface area contributed by atoms with E-state index < -0.39 is 6.61 Å². The lowest BCUT2D eigenvalue weighted by molar-refractivity contribution is -0.120. The predicted octanol–water partition coefficient (Wildman–Crippen LogP) is 2.26. The summed E-state index contributed by atoms with van der Waals surface area (Å²) in [6.07, 6.45) is 1.53. The summed E-state index contributed by atoms with van der Waals surface area (Å²) in [7, 11) is 1.53. The lowest BCUT2D eigenvalue weighted by Gasteiger charge is -2.17. The molecular weight excluding hydrogens is 386 g/mol. The highest BCUT2D eigenvalue weighted by molar-refractivity contribution is 5.86. The van der Waals surface area contributed by atoms with Crippen molar-refractivity contribution in [2.75, 3.05) is 20.2 Å². The molecule has 0 radical (unpaired) electrons. The van der Waals surface area contributed by atoms with Crippen molar-refractivity contribution in [2.45, 2.75) is 26.6 Å². The second kappa shape index (κ2) is 11.5. The summed E-state index contributed by atoms with van der Waals surface area (Å²) in [5.41, 5.74) is 0.460. The second-order valence-corrected chi connectivity index (χ2v) is 5.69. The molecule has 0 bridgehead atoms. The molecule has 158 valence electrons. The van der Waals surface area contributed by atoms with Crippen LogP contribution in [0.15, 0.2) is 46.0 Å². The number of alkyl halides is 2. The van der Waals surface area contributed by atoms with Gasteiger partial charge in [-0.1, -0.05) is 12.1 Å². The van der Waals surface area contributed by atoms with E-state index in [1.54, 1.807) is 37.3 Å². The Labute approximate surface area is 167 Å².